The second kappa shape index (κ2) is 6.85. The van der Waals surface area contributed by atoms with Gasteiger partial charge < -0.3 is 15.0 Å². The van der Waals surface area contributed by atoms with Crippen LogP contribution in [0.3, 0.4) is 0 Å². The second-order valence-electron chi connectivity index (χ2n) is 7.02. The Balaban J connectivity index is 1.34. The number of benzene rings is 2. The fraction of sp³-hybridized carbons (Fsp3) is 0.300. The van der Waals surface area contributed by atoms with Crippen LogP contribution in [0.1, 0.15) is 21.5 Å². The molecule has 1 N–H and O–H groups in total. The zero-order chi connectivity index (χ0) is 19.9. The van der Waals surface area contributed by atoms with Crippen LogP contribution in [-0.4, -0.2) is 36.4 Å². The number of rotatable bonds is 3. The number of amides is 2. The lowest BCUT2D eigenvalue weighted by molar-refractivity contribution is -0.137. The number of carbonyl (C=O) groups is 2. The smallest absolute Gasteiger partial charge is 0.416 e. The first-order valence-electron chi connectivity index (χ1n) is 8.82. The van der Waals surface area contributed by atoms with Gasteiger partial charge in [0.1, 0.15) is 5.75 Å². The van der Waals surface area contributed by atoms with Crippen molar-refractivity contribution >= 4 is 17.5 Å². The Hall–Kier alpha value is -3.03. The maximum Gasteiger partial charge on any atom is 0.416 e. The van der Waals surface area contributed by atoms with Gasteiger partial charge in [-0.15, -0.1) is 0 Å². The maximum absolute atomic E-state index is 12.6. The molecule has 2 amide bonds. The van der Waals surface area contributed by atoms with Crippen molar-refractivity contribution in [1.29, 1.82) is 0 Å². The lowest BCUT2D eigenvalue weighted by Crippen LogP contribution is -2.50. The van der Waals surface area contributed by atoms with E-state index in [0.717, 1.165) is 17.7 Å². The summed E-state index contributed by atoms with van der Waals surface area (Å²) in [5, 5.41) is 2.67. The SMILES string of the molecule is O=C1COc2ccc(C(=O)N3CC(Cc4ccc(C(F)(F)F)cc4)C3)cc2N1. The van der Waals surface area contributed by atoms with Crippen LogP contribution in [0.15, 0.2) is 42.5 Å². The van der Waals surface area contributed by atoms with Crippen molar-refractivity contribution < 1.29 is 27.5 Å². The van der Waals surface area contributed by atoms with Crippen molar-refractivity contribution in [3.05, 3.63) is 59.2 Å². The molecular formula is C20H17F3N2O3. The van der Waals surface area contributed by atoms with Crippen LogP contribution in [0.25, 0.3) is 0 Å². The largest absolute Gasteiger partial charge is 0.482 e. The van der Waals surface area contributed by atoms with E-state index in [1.54, 1.807) is 23.1 Å². The Morgan fingerprint density at radius 3 is 2.54 bits per heavy atom. The highest BCUT2D eigenvalue weighted by Crippen LogP contribution is 2.31. The fourth-order valence-corrected chi connectivity index (χ4v) is 3.43. The van der Waals surface area contributed by atoms with Gasteiger partial charge in [-0.1, -0.05) is 12.1 Å². The van der Waals surface area contributed by atoms with Crippen LogP contribution in [0.4, 0.5) is 18.9 Å². The third-order valence-corrected chi connectivity index (χ3v) is 4.91. The van der Waals surface area contributed by atoms with E-state index in [2.05, 4.69) is 5.32 Å². The highest BCUT2D eigenvalue weighted by atomic mass is 19.4. The van der Waals surface area contributed by atoms with Crippen molar-refractivity contribution in [1.82, 2.24) is 4.90 Å². The molecule has 0 atom stereocenters. The quantitative estimate of drug-likeness (QED) is 0.875. The molecule has 8 heteroatoms. The fourth-order valence-electron chi connectivity index (χ4n) is 3.43. The molecule has 5 nitrogen and oxygen atoms in total. The molecule has 2 aliphatic heterocycles. The number of hydrogen-bond acceptors (Lipinski definition) is 3. The molecule has 28 heavy (non-hydrogen) atoms. The Bertz CT molecular complexity index is 919. The lowest BCUT2D eigenvalue weighted by atomic mass is 9.91. The number of alkyl halides is 3. The predicted octanol–water partition coefficient (Wildman–Crippen LogP) is 3.35. The molecule has 4 rings (SSSR count). The van der Waals surface area contributed by atoms with Crippen LogP contribution >= 0.6 is 0 Å². The van der Waals surface area contributed by atoms with Gasteiger partial charge in [0.15, 0.2) is 6.61 Å². The van der Waals surface area contributed by atoms with Gasteiger partial charge in [-0.05, 0) is 48.2 Å². The first-order chi connectivity index (χ1) is 13.3. The van der Waals surface area contributed by atoms with E-state index >= 15 is 0 Å². The van der Waals surface area contributed by atoms with Crippen LogP contribution in [0.2, 0.25) is 0 Å². The lowest BCUT2D eigenvalue weighted by Gasteiger charge is -2.39. The summed E-state index contributed by atoms with van der Waals surface area (Å²) in [6.45, 7) is 1.04. The van der Waals surface area contributed by atoms with Gasteiger partial charge in [-0.2, -0.15) is 13.2 Å². The van der Waals surface area contributed by atoms with Crippen LogP contribution < -0.4 is 10.1 Å². The minimum absolute atomic E-state index is 0.0436. The molecule has 0 aromatic heterocycles. The maximum atomic E-state index is 12.6. The van der Waals surface area contributed by atoms with Crippen molar-refractivity contribution in [3.8, 4) is 5.75 Å². The summed E-state index contributed by atoms with van der Waals surface area (Å²) < 4.78 is 43.1. The van der Waals surface area contributed by atoms with Gasteiger partial charge in [0.25, 0.3) is 11.8 Å². The van der Waals surface area contributed by atoms with Crippen molar-refractivity contribution in [2.75, 3.05) is 25.0 Å². The molecule has 0 spiro atoms. The van der Waals surface area contributed by atoms with Crippen molar-refractivity contribution in [3.63, 3.8) is 0 Å². The Labute approximate surface area is 159 Å². The molecule has 1 fully saturated rings. The van der Waals surface area contributed by atoms with Gasteiger partial charge in [0, 0.05) is 18.7 Å². The standard InChI is InChI=1S/C20H17F3N2O3/c21-20(22,23)15-4-1-12(2-5-15)7-13-9-25(10-13)19(27)14-3-6-17-16(8-14)24-18(26)11-28-17/h1-6,8,13H,7,9-11H2,(H,24,26). The molecule has 1 saturated heterocycles. The molecule has 0 unspecified atom stereocenters. The molecule has 0 saturated carbocycles. The van der Waals surface area contributed by atoms with Crippen LogP contribution in [0.5, 0.6) is 5.75 Å². The molecule has 2 aromatic carbocycles. The third-order valence-electron chi connectivity index (χ3n) is 4.91. The van der Waals surface area contributed by atoms with Gasteiger partial charge in [-0.3, -0.25) is 9.59 Å². The first-order valence-corrected chi connectivity index (χ1v) is 8.82. The molecule has 2 aromatic rings. The molecule has 0 aliphatic carbocycles. The first kappa shape index (κ1) is 18.3. The highest BCUT2D eigenvalue weighted by molar-refractivity contribution is 6.00. The molecule has 2 aliphatic rings. The van der Waals surface area contributed by atoms with Gasteiger partial charge in [0.2, 0.25) is 0 Å². The summed E-state index contributed by atoms with van der Waals surface area (Å²) in [7, 11) is 0. The average Bonchev–Trinajstić information content (AvgIpc) is 2.63. The Kier molecular flexibility index (Phi) is 4.49. The number of ether oxygens (including phenoxy) is 1. The summed E-state index contributed by atoms with van der Waals surface area (Å²) in [6, 6.07) is 10.0. The topological polar surface area (TPSA) is 58.6 Å². The normalized spacial score (nSPS) is 16.7. The van der Waals surface area contributed by atoms with E-state index in [1.165, 1.54) is 12.1 Å². The van der Waals surface area contributed by atoms with E-state index in [9.17, 15) is 22.8 Å². The predicted molar refractivity (Wildman–Crippen MR) is 95.1 cm³/mol. The molecule has 2 heterocycles. The summed E-state index contributed by atoms with van der Waals surface area (Å²) >= 11 is 0. The summed E-state index contributed by atoms with van der Waals surface area (Å²) in [5.41, 5.74) is 1.09. The molecule has 146 valence electrons. The van der Waals surface area contributed by atoms with E-state index < -0.39 is 11.7 Å². The van der Waals surface area contributed by atoms with Crippen LogP contribution in [0, 0.1) is 5.92 Å². The van der Waals surface area contributed by atoms with E-state index in [0.29, 0.717) is 36.5 Å². The van der Waals surface area contributed by atoms with Crippen molar-refractivity contribution in [2.45, 2.75) is 12.6 Å². The number of fused-ring (bicyclic) bond motifs is 1. The summed E-state index contributed by atoms with van der Waals surface area (Å²) in [4.78, 5) is 25.7. The number of carbonyl (C=O) groups excluding carboxylic acids is 2. The van der Waals surface area contributed by atoms with Gasteiger partial charge >= 0.3 is 6.18 Å². The number of anilines is 1. The zero-order valence-electron chi connectivity index (χ0n) is 14.8. The van der Waals surface area contributed by atoms with Crippen LogP contribution in [-0.2, 0) is 17.4 Å². The summed E-state index contributed by atoms with van der Waals surface area (Å²) in [5.74, 6) is 0.324. The molecule has 0 bridgehead atoms. The molecule has 0 radical (unpaired) electrons. The van der Waals surface area contributed by atoms with Crippen molar-refractivity contribution in [2.24, 2.45) is 5.92 Å². The summed E-state index contributed by atoms with van der Waals surface area (Å²) in [6.07, 6.45) is -3.71. The van der Waals surface area contributed by atoms with Gasteiger partial charge in [-0.25, -0.2) is 0 Å². The monoisotopic (exact) mass is 390 g/mol. The van der Waals surface area contributed by atoms with Gasteiger partial charge in [0.05, 0.1) is 11.3 Å². The minimum Gasteiger partial charge on any atom is -0.482 e. The van der Waals surface area contributed by atoms with E-state index in [4.69, 9.17) is 4.74 Å². The Morgan fingerprint density at radius 1 is 1.14 bits per heavy atom. The zero-order valence-corrected chi connectivity index (χ0v) is 14.8. The number of hydrogen-bond donors (Lipinski definition) is 1. The number of halogens is 3. The number of nitrogens with one attached hydrogen (secondary N) is 1. The number of nitrogens with zero attached hydrogens (tertiary/aromatic N) is 1. The van der Waals surface area contributed by atoms with E-state index in [-0.39, 0.29) is 24.3 Å². The average molecular weight is 390 g/mol. The Morgan fingerprint density at radius 2 is 1.86 bits per heavy atom. The number of likely N-dealkylation sites (tertiary alicyclic amines) is 1. The second-order valence-corrected chi connectivity index (χ2v) is 7.02. The molecular weight excluding hydrogens is 373 g/mol. The van der Waals surface area contributed by atoms with E-state index in [1.807, 2.05) is 0 Å². The third kappa shape index (κ3) is 3.67. The highest BCUT2D eigenvalue weighted by Gasteiger charge is 2.33. The minimum atomic E-state index is -4.34.